The van der Waals surface area contributed by atoms with E-state index in [1.807, 2.05) is 20.8 Å². The lowest BCUT2D eigenvalue weighted by molar-refractivity contribution is -0.170. The van der Waals surface area contributed by atoms with Crippen LogP contribution in [0.4, 0.5) is 23.2 Å². The van der Waals surface area contributed by atoms with E-state index < -0.39 is 36.9 Å². The van der Waals surface area contributed by atoms with Gasteiger partial charge < -0.3 is 25.0 Å². The van der Waals surface area contributed by atoms with Crippen molar-refractivity contribution < 1.29 is 37.0 Å². The molecule has 43 heavy (non-hydrogen) atoms. The molecule has 1 amide bonds. The van der Waals surface area contributed by atoms with Crippen LogP contribution in [-0.4, -0.2) is 84.1 Å². The Kier molecular flexibility index (Phi) is 12.1. The van der Waals surface area contributed by atoms with Gasteiger partial charge in [-0.3, -0.25) is 4.79 Å². The Morgan fingerprint density at radius 2 is 1.58 bits per heavy atom. The van der Waals surface area contributed by atoms with Crippen LogP contribution in [0.15, 0.2) is 12.1 Å². The van der Waals surface area contributed by atoms with Crippen LogP contribution in [0.5, 0.6) is 5.88 Å². The molecule has 0 aromatic carbocycles. The maximum Gasteiger partial charge on any atom is 0.354 e. The van der Waals surface area contributed by atoms with E-state index >= 15 is 0 Å². The highest BCUT2D eigenvalue weighted by molar-refractivity contribution is 5.86. The SMILES string of the molecule is CCCCCCCCCN[C@H](C(=O)N1CC(F)(F)C1)C(C)(C)C.O=C(O)c1ccc(N2CC(F)(F)C2)c(OCC2CC2)n1. The Morgan fingerprint density at radius 3 is 2.09 bits per heavy atom. The summed E-state index contributed by atoms with van der Waals surface area (Å²) in [5.41, 5.74) is 0.0108. The van der Waals surface area contributed by atoms with Gasteiger partial charge in [-0.1, -0.05) is 66.2 Å². The van der Waals surface area contributed by atoms with Gasteiger partial charge in [0, 0.05) is 0 Å². The number of amides is 1. The number of aromatic nitrogens is 1. The molecule has 2 N–H and O–H groups in total. The molecule has 0 bridgehead atoms. The summed E-state index contributed by atoms with van der Waals surface area (Å²) < 4.78 is 57.3. The molecule has 1 atom stereocenters. The van der Waals surface area contributed by atoms with Gasteiger partial charge in [0.15, 0.2) is 5.69 Å². The molecular weight excluding hydrogens is 568 g/mol. The van der Waals surface area contributed by atoms with E-state index in [4.69, 9.17) is 9.84 Å². The van der Waals surface area contributed by atoms with E-state index in [9.17, 15) is 27.2 Å². The van der Waals surface area contributed by atoms with E-state index in [1.54, 1.807) is 0 Å². The average Bonchev–Trinajstić information content (AvgIpc) is 3.72. The summed E-state index contributed by atoms with van der Waals surface area (Å²) >= 11 is 0. The molecule has 3 heterocycles. The number of alkyl halides is 4. The van der Waals surface area contributed by atoms with Crippen LogP contribution in [0, 0.1) is 11.3 Å². The van der Waals surface area contributed by atoms with Crippen LogP contribution in [0.1, 0.15) is 96.0 Å². The molecule has 4 rings (SSSR count). The molecule has 2 saturated heterocycles. The van der Waals surface area contributed by atoms with E-state index in [0.29, 0.717) is 18.2 Å². The number of carbonyl (C=O) groups is 2. The number of pyridine rings is 1. The number of halogens is 4. The molecule has 3 aliphatic rings. The number of ether oxygens (including phenoxy) is 1. The minimum absolute atomic E-state index is 0.132. The lowest BCUT2D eigenvalue weighted by Gasteiger charge is -2.43. The van der Waals surface area contributed by atoms with Gasteiger partial charge in [0.25, 0.3) is 11.8 Å². The maximum absolute atomic E-state index is 13.0. The molecule has 2 aliphatic heterocycles. The Hall–Kier alpha value is -2.63. The second-order valence-corrected chi connectivity index (χ2v) is 13.2. The van der Waals surface area contributed by atoms with Crippen molar-refractivity contribution in [2.24, 2.45) is 11.3 Å². The summed E-state index contributed by atoms with van der Waals surface area (Å²) in [7, 11) is 0. The summed E-state index contributed by atoms with van der Waals surface area (Å²) in [6.07, 6.45) is 10.7. The van der Waals surface area contributed by atoms with Gasteiger partial charge in [-0.2, -0.15) is 0 Å². The monoisotopic (exact) mass is 616 g/mol. The van der Waals surface area contributed by atoms with E-state index in [0.717, 1.165) is 32.2 Å². The number of carboxylic acids is 1. The zero-order valence-corrected chi connectivity index (χ0v) is 25.9. The second-order valence-electron chi connectivity index (χ2n) is 13.2. The Labute approximate surface area is 252 Å². The fourth-order valence-corrected chi connectivity index (χ4v) is 5.01. The maximum atomic E-state index is 13.0. The minimum atomic E-state index is -2.70. The molecule has 12 heteroatoms. The molecule has 1 aromatic rings. The van der Waals surface area contributed by atoms with Crippen molar-refractivity contribution in [1.29, 1.82) is 0 Å². The third-order valence-corrected chi connectivity index (χ3v) is 7.79. The number of anilines is 1. The largest absolute Gasteiger partial charge is 0.477 e. The first-order valence-electron chi connectivity index (χ1n) is 15.5. The number of nitrogens with zero attached hydrogens (tertiary/aromatic N) is 3. The summed E-state index contributed by atoms with van der Waals surface area (Å²) in [6, 6.07) is 2.39. The minimum Gasteiger partial charge on any atom is -0.477 e. The van der Waals surface area contributed by atoms with Crippen molar-refractivity contribution in [3.05, 3.63) is 17.8 Å². The number of rotatable bonds is 15. The number of carboxylic acid groups (broad SMARTS) is 1. The van der Waals surface area contributed by atoms with Gasteiger partial charge in [-0.25, -0.2) is 27.3 Å². The van der Waals surface area contributed by atoms with Crippen molar-refractivity contribution in [3.63, 3.8) is 0 Å². The molecular formula is C31H48F4N4O4. The zero-order valence-electron chi connectivity index (χ0n) is 25.9. The number of aromatic carboxylic acids is 1. The Bertz CT molecular complexity index is 1060. The third kappa shape index (κ3) is 11.1. The van der Waals surface area contributed by atoms with Crippen LogP contribution >= 0.6 is 0 Å². The number of hydrogen-bond donors (Lipinski definition) is 2. The lowest BCUT2D eigenvalue weighted by Crippen LogP contribution is -2.64. The van der Waals surface area contributed by atoms with Gasteiger partial charge in [-0.15, -0.1) is 0 Å². The summed E-state index contributed by atoms with van der Waals surface area (Å²) in [5, 5.41) is 12.2. The van der Waals surface area contributed by atoms with Crippen LogP contribution in [0.3, 0.4) is 0 Å². The molecule has 0 spiro atoms. The molecule has 8 nitrogen and oxygen atoms in total. The Balaban J connectivity index is 0.000000237. The summed E-state index contributed by atoms with van der Waals surface area (Å²) in [4.78, 5) is 30.0. The summed E-state index contributed by atoms with van der Waals surface area (Å²) in [6.45, 7) is 7.72. The molecule has 1 saturated carbocycles. The van der Waals surface area contributed by atoms with Crippen molar-refractivity contribution in [3.8, 4) is 5.88 Å². The van der Waals surface area contributed by atoms with Crippen LogP contribution in [-0.2, 0) is 4.79 Å². The highest BCUT2D eigenvalue weighted by atomic mass is 19.3. The van der Waals surface area contributed by atoms with E-state index in [-0.39, 0.29) is 36.0 Å². The van der Waals surface area contributed by atoms with Gasteiger partial charge >= 0.3 is 5.97 Å². The normalized spacial score (nSPS) is 19.4. The topological polar surface area (TPSA) is 95.0 Å². The van der Waals surface area contributed by atoms with Gasteiger partial charge in [0.1, 0.15) is 5.69 Å². The smallest absolute Gasteiger partial charge is 0.354 e. The number of likely N-dealkylation sites (tertiary alicyclic amines) is 1. The van der Waals surface area contributed by atoms with Crippen molar-refractivity contribution in [2.75, 3.05) is 44.2 Å². The number of unbranched alkanes of at least 4 members (excludes halogenated alkanes) is 6. The quantitative estimate of drug-likeness (QED) is 0.178. The average molecular weight is 617 g/mol. The van der Waals surface area contributed by atoms with Crippen LogP contribution in [0.2, 0.25) is 0 Å². The van der Waals surface area contributed by atoms with Crippen molar-refractivity contribution >= 4 is 17.6 Å². The van der Waals surface area contributed by atoms with E-state index in [2.05, 4.69) is 17.2 Å². The molecule has 1 aromatic heterocycles. The molecule has 3 fully saturated rings. The van der Waals surface area contributed by atoms with Crippen molar-refractivity contribution in [2.45, 2.75) is 103 Å². The first kappa shape index (κ1) is 34.9. The third-order valence-electron chi connectivity index (χ3n) is 7.79. The molecule has 244 valence electrons. The zero-order chi connectivity index (χ0) is 31.8. The fourth-order valence-electron chi connectivity index (χ4n) is 5.01. The summed E-state index contributed by atoms with van der Waals surface area (Å²) in [5.74, 6) is -6.15. The number of carbonyl (C=O) groups excluding carboxylic acids is 1. The second kappa shape index (κ2) is 14.9. The molecule has 1 aliphatic carbocycles. The van der Waals surface area contributed by atoms with Crippen molar-refractivity contribution in [1.82, 2.24) is 15.2 Å². The highest BCUT2D eigenvalue weighted by Gasteiger charge is 2.49. The highest BCUT2D eigenvalue weighted by Crippen LogP contribution is 2.38. The van der Waals surface area contributed by atoms with Gasteiger partial charge in [0.2, 0.25) is 11.8 Å². The first-order valence-corrected chi connectivity index (χ1v) is 15.5. The fraction of sp³-hybridized carbons (Fsp3) is 0.774. The van der Waals surface area contributed by atoms with Crippen LogP contribution in [0.25, 0.3) is 0 Å². The number of hydrogen-bond acceptors (Lipinski definition) is 6. The first-order chi connectivity index (χ1) is 20.1. The van der Waals surface area contributed by atoms with Gasteiger partial charge in [0.05, 0.1) is 38.8 Å². The van der Waals surface area contributed by atoms with Gasteiger partial charge in [-0.05, 0) is 49.3 Å². The van der Waals surface area contributed by atoms with E-state index in [1.165, 1.54) is 54.0 Å². The number of nitrogens with one attached hydrogen (secondary N) is 1. The van der Waals surface area contributed by atoms with Crippen LogP contribution < -0.4 is 15.0 Å². The standard InChI is InChI=1S/C18H34F2N2O.C13H14F2N2O3/c1-5-6-7-8-9-10-11-12-21-15(17(2,3)4)16(23)22-13-18(19,20)14-22;14-13(15)6-17(7-13)10-4-3-9(12(18)19)16-11(10)20-5-8-1-2-8/h15,21H,5-14H2,1-4H3;3-4,8H,1-2,5-7H2,(H,18,19)/t15-;/m1./s1. The Morgan fingerprint density at radius 1 is 1.00 bits per heavy atom. The molecule has 0 radical (unpaired) electrons. The molecule has 0 unspecified atom stereocenters. The lowest BCUT2D eigenvalue weighted by atomic mass is 9.85. The predicted octanol–water partition coefficient (Wildman–Crippen LogP) is 6.24. The predicted molar refractivity (Wildman–Crippen MR) is 157 cm³/mol.